The lowest BCUT2D eigenvalue weighted by molar-refractivity contribution is 0.588. The first-order valence-electron chi connectivity index (χ1n) is 5.90. The number of rotatable bonds is 3. The minimum Gasteiger partial charge on any atom is -0.329 e. The maximum Gasteiger partial charge on any atom is 0.239 e. The Bertz CT molecular complexity index is 499. The Morgan fingerprint density at radius 1 is 1.41 bits per heavy atom. The van der Waals surface area contributed by atoms with Crippen LogP contribution in [-0.2, 0) is 16.4 Å². The largest absolute Gasteiger partial charge is 0.329 e. The van der Waals surface area contributed by atoms with E-state index in [1.165, 1.54) is 4.31 Å². The highest BCUT2D eigenvalue weighted by atomic mass is 32.2. The molecule has 1 fully saturated rings. The van der Waals surface area contributed by atoms with Crippen LogP contribution in [0.4, 0.5) is 5.69 Å². The van der Waals surface area contributed by atoms with Gasteiger partial charge in [-0.2, -0.15) is 0 Å². The first kappa shape index (κ1) is 12.4. The van der Waals surface area contributed by atoms with E-state index in [4.69, 9.17) is 5.73 Å². The molecule has 5 heteroatoms. The molecule has 1 aromatic rings. The molecule has 1 aliphatic heterocycles. The zero-order chi connectivity index (χ0) is 12.5. The summed E-state index contributed by atoms with van der Waals surface area (Å²) in [7, 11) is -3.26. The number of anilines is 1. The summed E-state index contributed by atoms with van der Waals surface area (Å²) in [5.74, 6) is 0. The number of hydrogen-bond acceptors (Lipinski definition) is 3. The molecule has 0 spiro atoms. The molecule has 0 saturated carbocycles. The molecule has 1 heterocycles. The number of para-hydroxylation sites is 1. The maximum absolute atomic E-state index is 12.2. The summed E-state index contributed by atoms with van der Waals surface area (Å²) < 4.78 is 26.0. The van der Waals surface area contributed by atoms with Crippen LogP contribution in [0.3, 0.4) is 0 Å². The Hall–Kier alpha value is -1.07. The van der Waals surface area contributed by atoms with Crippen LogP contribution in [-0.4, -0.2) is 26.8 Å². The minimum absolute atomic E-state index is 0.202. The molecule has 2 N–H and O–H groups in total. The molecule has 0 bridgehead atoms. The Balaban J connectivity index is 2.42. The van der Waals surface area contributed by atoms with Crippen molar-refractivity contribution in [3.8, 4) is 0 Å². The fourth-order valence-electron chi connectivity index (χ4n) is 2.27. The van der Waals surface area contributed by atoms with E-state index in [0.29, 0.717) is 13.0 Å². The van der Waals surface area contributed by atoms with Crippen LogP contribution in [0.25, 0.3) is 0 Å². The van der Waals surface area contributed by atoms with E-state index in [0.717, 1.165) is 17.7 Å². The molecule has 0 aliphatic carbocycles. The van der Waals surface area contributed by atoms with Crippen molar-refractivity contribution in [2.24, 2.45) is 5.73 Å². The van der Waals surface area contributed by atoms with Gasteiger partial charge in [0.2, 0.25) is 10.0 Å². The maximum atomic E-state index is 12.2. The van der Waals surface area contributed by atoms with Crippen molar-refractivity contribution in [1.29, 1.82) is 0 Å². The molecule has 4 nitrogen and oxygen atoms in total. The van der Waals surface area contributed by atoms with E-state index in [2.05, 4.69) is 0 Å². The van der Waals surface area contributed by atoms with Gasteiger partial charge in [0.15, 0.2) is 0 Å². The van der Waals surface area contributed by atoms with Gasteiger partial charge in [0, 0.05) is 13.1 Å². The van der Waals surface area contributed by atoms with Crippen LogP contribution < -0.4 is 10.0 Å². The van der Waals surface area contributed by atoms with Crippen molar-refractivity contribution >= 4 is 15.7 Å². The molecule has 0 radical (unpaired) electrons. The predicted octanol–water partition coefficient (Wildman–Crippen LogP) is 1.12. The topological polar surface area (TPSA) is 63.4 Å². The van der Waals surface area contributed by atoms with Crippen LogP contribution in [0.5, 0.6) is 0 Å². The van der Waals surface area contributed by atoms with Crippen LogP contribution in [0, 0.1) is 0 Å². The molecule has 1 atom stereocenters. The molecule has 1 saturated heterocycles. The lowest BCUT2D eigenvalue weighted by Gasteiger charge is -2.21. The fourth-order valence-corrected chi connectivity index (χ4v) is 4.09. The lowest BCUT2D eigenvalue weighted by Crippen LogP contribution is -2.33. The highest BCUT2D eigenvalue weighted by molar-refractivity contribution is 7.93. The Labute approximate surface area is 102 Å². The van der Waals surface area contributed by atoms with E-state index in [-0.39, 0.29) is 6.54 Å². The number of benzene rings is 1. The van der Waals surface area contributed by atoms with Gasteiger partial charge in [-0.05, 0) is 24.5 Å². The second-order valence-electron chi connectivity index (χ2n) is 4.25. The summed E-state index contributed by atoms with van der Waals surface area (Å²) in [4.78, 5) is 0. The molecular weight excluding hydrogens is 236 g/mol. The van der Waals surface area contributed by atoms with Gasteiger partial charge >= 0.3 is 0 Å². The quantitative estimate of drug-likeness (QED) is 0.879. The number of sulfonamides is 1. The summed E-state index contributed by atoms with van der Waals surface area (Å²) in [6.07, 6.45) is 1.45. The van der Waals surface area contributed by atoms with Crippen molar-refractivity contribution < 1.29 is 8.42 Å². The number of hydrogen-bond donors (Lipinski definition) is 1. The predicted molar refractivity (Wildman–Crippen MR) is 69.5 cm³/mol. The fraction of sp³-hybridized carbons (Fsp3) is 0.500. The molecule has 17 heavy (non-hydrogen) atoms. The van der Waals surface area contributed by atoms with Gasteiger partial charge in [-0.15, -0.1) is 0 Å². The van der Waals surface area contributed by atoms with Gasteiger partial charge in [-0.25, -0.2) is 8.42 Å². The summed E-state index contributed by atoms with van der Waals surface area (Å²) in [6, 6.07) is 7.65. The lowest BCUT2D eigenvalue weighted by atomic mass is 10.1. The van der Waals surface area contributed by atoms with Crippen LogP contribution in [0.1, 0.15) is 18.9 Å². The first-order valence-corrected chi connectivity index (χ1v) is 7.41. The second-order valence-corrected chi connectivity index (χ2v) is 6.38. The number of aryl methyl sites for hydroxylation is 1. The summed E-state index contributed by atoms with van der Waals surface area (Å²) in [6.45, 7) is 2.77. The number of nitrogens with two attached hydrogens (primary N) is 1. The average molecular weight is 254 g/mol. The van der Waals surface area contributed by atoms with Gasteiger partial charge in [-0.3, -0.25) is 4.31 Å². The highest BCUT2D eigenvalue weighted by Gasteiger charge is 2.38. The van der Waals surface area contributed by atoms with Gasteiger partial charge < -0.3 is 5.73 Å². The van der Waals surface area contributed by atoms with E-state index in [9.17, 15) is 8.42 Å². The third kappa shape index (κ3) is 2.05. The van der Waals surface area contributed by atoms with Crippen molar-refractivity contribution in [2.75, 3.05) is 17.4 Å². The third-order valence-electron chi connectivity index (χ3n) is 3.29. The van der Waals surface area contributed by atoms with Gasteiger partial charge in [0.05, 0.1) is 10.9 Å². The average Bonchev–Trinajstić information content (AvgIpc) is 2.63. The molecule has 94 valence electrons. The van der Waals surface area contributed by atoms with Crippen LogP contribution in [0.2, 0.25) is 0 Å². The minimum atomic E-state index is -3.26. The van der Waals surface area contributed by atoms with E-state index >= 15 is 0 Å². The van der Waals surface area contributed by atoms with Crippen molar-refractivity contribution in [3.63, 3.8) is 0 Å². The Kier molecular flexibility index (Phi) is 3.40. The smallest absolute Gasteiger partial charge is 0.239 e. The van der Waals surface area contributed by atoms with Crippen molar-refractivity contribution in [1.82, 2.24) is 0 Å². The van der Waals surface area contributed by atoms with E-state index < -0.39 is 15.3 Å². The summed E-state index contributed by atoms with van der Waals surface area (Å²) in [5.41, 5.74) is 7.39. The molecule has 1 aromatic carbocycles. The third-order valence-corrected chi connectivity index (χ3v) is 5.55. The molecule has 2 rings (SSSR count). The zero-order valence-electron chi connectivity index (χ0n) is 9.96. The van der Waals surface area contributed by atoms with Gasteiger partial charge in [-0.1, -0.05) is 25.1 Å². The van der Waals surface area contributed by atoms with E-state index in [1.54, 1.807) is 0 Å². The second kappa shape index (κ2) is 4.66. The first-order chi connectivity index (χ1) is 8.11. The standard InChI is InChI=1S/C12H18N2O2S/c1-2-10-5-3-4-6-12(10)14-8-7-11(9-13)17(14,15)16/h3-6,11H,2,7-9,13H2,1H3/t11-/m0/s1. The Morgan fingerprint density at radius 3 is 2.71 bits per heavy atom. The van der Waals surface area contributed by atoms with Crippen molar-refractivity contribution in [3.05, 3.63) is 29.8 Å². The summed E-state index contributed by atoms with van der Waals surface area (Å²) >= 11 is 0. The van der Waals surface area contributed by atoms with Crippen molar-refractivity contribution in [2.45, 2.75) is 25.0 Å². The summed E-state index contributed by atoms with van der Waals surface area (Å²) in [5, 5.41) is -0.424. The SMILES string of the molecule is CCc1ccccc1N1CC[C@@H](CN)S1(=O)=O. The van der Waals surface area contributed by atoms with E-state index in [1.807, 2.05) is 31.2 Å². The molecule has 0 amide bonds. The van der Waals surface area contributed by atoms with Crippen LogP contribution >= 0.6 is 0 Å². The van der Waals surface area contributed by atoms with Gasteiger partial charge in [0.1, 0.15) is 0 Å². The van der Waals surface area contributed by atoms with Crippen LogP contribution in [0.15, 0.2) is 24.3 Å². The van der Waals surface area contributed by atoms with Gasteiger partial charge in [0.25, 0.3) is 0 Å². The normalized spacial score (nSPS) is 22.9. The Morgan fingerprint density at radius 2 is 2.12 bits per heavy atom. The zero-order valence-corrected chi connectivity index (χ0v) is 10.8. The molecule has 0 aromatic heterocycles. The monoisotopic (exact) mass is 254 g/mol. The number of nitrogens with zero attached hydrogens (tertiary/aromatic N) is 1. The molecule has 0 unspecified atom stereocenters. The molecular formula is C12H18N2O2S. The highest BCUT2D eigenvalue weighted by Crippen LogP contribution is 2.30. The molecule has 1 aliphatic rings.